The van der Waals surface area contributed by atoms with Gasteiger partial charge in [-0.15, -0.1) is 0 Å². The molecule has 0 fully saturated rings. The Morgan fingerprint density at radius 3 is 2.89 bits per heavy atom. The number of hydrogen-bond acceptors (Lipinski definition) is 3. The largest absolute Gasteiger partial charge is 0.391 e. The van der Waals surface area contributed by atoms with Crippen molar-refractivity contribution in [3.63, 3.8) is 0 Å². The summed E-state index contributed by atoms with van der Waals surface area (Å²) >= 11 is 4.33. The zero-order valence-corrected chi connectivity index (χ0v) is 6.32. The lowest BCUT2D eigenvalue weighted by Gasteiger charge is -2.01. The number of aliphatic hydroxyl groups excluding tert-OH is 1. The summed E-state index contributed by atoms with van der Waals surface area (Å²) in [4.78, 5) is 3.61. The maximum absolute atomic E-state index is 9.00. The zero-order valence-electron chi connectivity index (χ0n) is 5.50. The summed E-state index contributed by atoms with van der Waals surface area (Å²) in [6, 6.07) is 0. The SMILES string of the molecule is CCCC(O)CN=C=S. The molecule has 0 amide bonds. The lowest BCUT2D eigenvalue weighted by atomic mass is 10.2. The van der Waals surface area contributed by atoms with Crippen LogP contribution < -0.4 is 0 Å². The molecule has 1 atom stereocenters. The van der Waals surface area contributed by atoms with Gasteiger partial charge in [0.15, 0.2) is 0 Å². The molecule has 0 bridgehead atoms. The summed E-state index contributed by atoms with van der Waals surface area (Å²) in [7, 11) is 0. The fourth-order valence-electron chi connectivity index (χ4n) is 0.567. The van der Waals surface area contributed by atoms with Crippen molar-refractivity contribution in [3.8, 4) is 0 Å². The molecule has 52 valence electrons. The van der Waals surface area contributed by atoms with Crippen LogP contribution in [0.4, 0.5) is 0 Å². The molecule has 3 heteroatoms. The highest BCUT2D eigenvalue weighted by molar-refractivity contribution is 7.78. The van der Waals surface area contributed by atoms with Crippen LogP contribution in [0.3, 0.4) is 0 Å². The van der Waals surface area contributed by atoms with Gasteiger partial charge in [-0.3, -0.25) is 0 Å². The molecule has 0 aliphatic carbocycles. The molecule has 0 spiro atoms. The second-order valence-electron chi connectivity index (χ2n) is 1.87. The van der Waals surface area contributed by atoms with Crippen LogP contribution in [-0.4, -0.2) is 22.9 Å². The number of hydrogen-bond donors (Lipinski definition) is 1. The Bertz CT molecular complexity index is 110. The molecule has 9 heavy (non-hydrogen) atoms. The van der Waals surface area contributed by atoms with Crippen LogP contribution in [0.1, 0.15) is 19.8 Å². The highest BCUT2D eigenvalue weighted by Crippen LogP contribution is 1.94. The third kappa shape index (κ3) is 5.63. The molecule has 0 aromatic heterocycles. The van der Waals surface area contributed by atoms with Crippen molar-refractivity contribution >= 4 is 17.4 Å². The molecule has 1 unspecified atom stereocenters. The lowest BCUT2D eigenvalue weighted by molar-refractivity contribution is 0.172. The van der Waals surface area contributed by atoms with E-state index in [0.29, 0.717) is 6.54 Å². The van der Waals surface area contributed by atoms with Gasteiger partial charge in [0.1, 0.15) is 0 Å². The summed E-state index contributed by atoms with van der Waals surface area (Å²) in [6.45, 7) is 2.42. The Kier molecular flexibility index (Phi) is 5.73. The Labute approximate surface area is 60.6 Å². The number of aliphatic imine (C=N–C) groups is 1. The van der Waals surface area contributed by atoms with Crippen molar-refractivity contribution in [2.24, 2.45) is 4.99 Å². The molecule has 0 saturated carbocycles. The summed E-state index contributed by atoms with van der Waals surface area (Å²) in [6.07, 6.45) is 1.44. The summed E-state index contributed by atoms with van der Waals surface area (Å²) in [5.41, 5.74) is 0. The molecule has 0 aromatic carbocycles. The van der Waals surface area contributed by atoms with Gasteiger partial charge in [-0.05, 0) is 18.6 Å². The monoisotopic (exact) mass is 145 g/mol. The quantitative estimate of drug-likeness (QED) is 0.477. The van der Waals surface area contributed by atoms with Crippen LogP contribution >= 0.6 is 12.2 Å². The highest BCUT2D eigenvalue weighted by Gasteiger charge is 1.97. The molecule has 0 aromatic rings. The number of aliphatic hydroxyl groups is 1. The summed E-state index contributed by atoms with van der Waals surface area (Å²) in [5.74, 6) is 0. The third-order valence-corrected chi connectivity index (χ3v) is 1.12. The van der Waals surface area contributed by atoms with Gasteiger partial charge in [-0.2, -0.15) is 0 Å². The maximum Gasteiger partial charge on any atom is 0.0752 e. The van der Waals surface area contributed by atoms with Crippen molar-refractivity contribution < 1.29 is 5.11 Å². The van der Waals surface area contributed by atoms with Crippen LogP contribution in [0.15, 0.2) is 4.99 Å². The molecule has 0 rings (SSSR count). The second kappa shape index (κ2) is 5.89. The molecule has 1 N–H and O–H groups in total. The van der Waals surface area contributed by atoms with E-state index in [9.17, 15) is 0 Å². The number of rotatable bonds is 4. The second-order valence-corrected chi connectivity index (χ2v) is 2.06. The van der Waals surface area contributed by atoms with E-state index < -0.39 is 0 Å². The lowest BCUT2D eigenvalue weighted by Crippen LogP contribution is -2.09. The molecular weight excluding hydrogens is 134 g/mol. The van der Waals surface area contributed by atoms with E-state index in [2.05, 4.69) is 22.4 Å². The van der Waals surface area contributed by atoms with Crippen LogP contribution in [-0.2, 0) is 0 Å². The van der Waals surface area contributed by atoms with E-state index in [-0.39, 0.29) is 6.10 Å². The van der Waals surface area contributed by atoms with Crippen molar-refractivity contribution in [2.75, 3.05) is 6.54 Å². The van der Waals surface area contributed by atoms with Gasteiger partial charge < -0.3 is 5.11 Å². The molecule has 2 nitrogen and oxygen atoms in total. The minimum Gasteiger partial charge on any atom is -0.391 e. The van der Waals surface area contributed by atoms with E-state index in [1.807, 2.05) is 6.92 Å². The molecular formula is C6H11NOS. The summed E-state index contributed by atoms with van der Waals surface area (Å²) < 4.78 is 0. The first-order valence-corrected chi connectivity index (χ1v) is 3.43. The predicted molar refractivity (Wildman–Crippen MR) is 40.8 cm³/mol. The number of nitrogens with zero attached hydrogens (tertiary/aromatic N) is 1. The van der Waals surface area contributed by atoms with Gasteiger partial charge in [-0.25, -0.2) is 4.99 Å². The molecule has 0 radical (unpaired) electrons. The van der Waals surface area contributed by atoms with E-state index >= 15 is 0 Å². The highest BCUT2D eigenvalue weighted by atomic mass is 32.1. The normalized spacial score (nSPS) is 12.2. The maximum atomic E-state index is 9.00. The van der Waals surface area contributed by atoms with E-state index in [4.69, 9.17) is 5.11 Å². The van der Waals surface area contributed by atoms with Crippen molar-refractivity contribution in [1.82, 2.24) is 0 Å². The molecule has 0 aliphatic heterocycles. The molecule has 0 saturated heterocycles. The van der Waals surface area contributed by atoms with E-state index in [1.54, 1.807) is 0 Å². The Morgan fingerprint density at radius 2 is 2.44 bits per heavy atom. The van der Waals surface area contributed by atoms with Crippen LogP contribution in [0.5, 0.6) is 0 Å². The Balaban J connectivity index is 3.25. The van der Waals surface area contributed by atoms with Gasteiger partial charge in [-0.1, -0.05) is 13.3 Å². The van der Waals surface area contributed by atoms with Gasteiger partial charge in [0.25, 0.3) is 0 Å². The zero-order chi connectivity index (χ0) is 7.11. The van der Waals surface area contributed by atoms with Gasteiger partial charge in [0.05, 0.1) is 17.8 Å². The Hall–Kier alpha value is -0.240. The predicted octanol–water partition coefficient (Wildman–Crippen LogP) is 1.25. The van der Waals surface area contributed by atoms with Crippen LogP contribution in [0, 0.1) is 0 Å². The first-order chi connectivity index (χ1) is 4.31. The van der Waals surface area contributed by atoms with Gasteiger partial charge >= 0.3 is 0 Å². The van der Waals surface area contributed by atoms with Crippen molar-refractivity contribution in [2.45, 2.75) is 25.9 Å². The minimum atomic E-state index is -0.328. The number of isothiocyanates is 1. The summed E-state index contributed by atoms with van der Waals surface area (Å²) in [5, 5.41) is 11.2. The number of thiocarbonyl (C=S) groups is 1. The Morgan fingerprint density at radius 1 is 1.78 bits per heavy atom. The average Bonchev–Trinajstić information content (AvgIpc) is 1.85. The fourth-order valence-corrected chi connectivity index (χ4v) is 0.642. The van der Waals surface area contributed by atoms with Crippen molar-refractivity contribution in [1.29, 1.82) is 0 Å². The smallest absolute Gasteiger partial charge is 0.0752 e. The fraction of sp³-hybridized carbons (Fsp3) is 0.833. The van der Waals surface area contributed by atoms with Crippen LogP contribution in [0.2, 0.25) is 0 Å². The van der Waals surface area contributed by atoms with Crippen molar-refractivity contribution in [3.05, 3.63) is 0 Å². The third-order valence-electron chi connectivity index (χ3n) is 0.988. The first-order valence-electron chi connectivity index (χ1n) is 3.03. The van der Waals surface area contributed by atoms with Gasteiger partial charge in [0.2, 0.25) is 0 Å². The van der Waals surface area contributed by atoms with Gasteiger partial charge in [0, 0.05) is 0 Å². The van der Waals surface area contributed by atoms with E-state index in [0.717, 1.165) is 12.8 Å². The van der Waals surface area contributed by atoms with E-state index in [1.165, 1.54) is 0 Å². The minimum absolute atomic E-state index is 0.328. The molecule has 0 heterocycles. The average molecular weight is 145 g/mol. The first kappa shape index (κ1) is 8.76. The van der Waals surface area contributed by atoms with Crippen LogP contribution in [0.25, 0.3) is 0 Å². The standard InChI is InChI=1S/C6H11NOS/c1-2-3-6(8)4-7-5-9/h6,8H,2-4H2,1H3. The molecule has 0 aliphatic rings. The topological polar surface area (TPSA) is 32.6 Å².